The molecule has 2 N–H and O–H groups in total. The maximum Gasteiger partial charge on any atom is 0.258 e. The number of carbonyl (C=O) groups is 1. The molecule has 0 saturated carbocycles. The summed E-state index contributed by atoms with van der Waals surface area (Å²) in [6.45, 7) is 2.08. The van der Waals surface area contributed by atoms with Crippen LogP contribution in [0.3, 0.4) is 0 Å². The molecule has 0 aliphatic rings. The summed E-state index contributed by atoms with van der Waals surface area (Å²) in [6, 6.07) is 16.8. The van der Waals surface area contributed by atoms with Crippen molar-refractivity contribution >= 4 is 23.2 Å². The molecule has 2 aromatic carbocycles. The zero-order valence-corrected chi connectivity index (χ0v) is 14.2. The third-order valence-corrected chi connectivity index (χ3v) is 3.85. The minimum Gasteiger partial charge on any atom is -0.324 e. The van der Waals surface area contributed by atoms with E-state index in [2.05, 4.69) is 27.5 Å². The largest absolute Gasteiger partial charge is 0.324 e. The van der Waals surface area contributed by atoms with Gasteiger partial charge in [0, 0.05) is 18.1 Å². The highest BCUT2D eigenvalue weighted by molar-refractivity contribution is 6.04. The molecule has 0 radical (unpaired) electrons. The minimum atomic E-state index is -0.367. The number of nitrogens with zero attached hydrogens (tertiary/aromatic N) is 3. The molecular formula is C20H17N5O. The highest BCUT2D eigenvalue weighted by atomic mass is 16.1. The van der Waals surface area contributed by atoms with Gasteiger partial charge in [0.2, 0.25) is 5.95 Å². The normalized spacial score (nSPS) is 10.0. The molecule has 0 aliphatic carbocycles. The number of aryl methyl sites for hydroxylation is 1. The van der Waals surface area contributed by atoms with Crippen LogP contribution in [0.2, 0.25) is 0 Å². The van der Waals surface area contributed by atoms with E-state index in [1.807, 2.05) is 30.3 Å². The standard InChI is InChI=1S/C20H17N5O/c1-2-14-7-3-5-9-17(14)25-20-22-12-16(13-23-20)19(26)24-18-10-6-4-8-15(18)11-21/h3-10,12-13H,2H2,1H3,(H,24,26)(H,22,23,25). The Balaban J connectivity index is 1.73. The molecule has 26 heavy (non-hydrogen) atoms. The number of para-hydroxylation sites is 2. The van der Waals surface area contributed by atoms with Gasteiger partial charge in [-0.1, -0.05) is 37.3 Å². The Morgan fingerprint density at radius 1 is 1.04 bits per heavy atom. The number of nitriles is 1. The SMILES string of the molecule is CCc1ccccc1Nc1ncc(C(=O)Nc2ccccc2C#N)cn1. The zero-order valence-electron chi connectivity index (χ0n) is 14.2. The van der Waals surface area contributed by atoms with E-state index in [0.29, 0.717) is 22.8 Å². The van der Waals surface area contributed by atoms with Crippen molar-refractivity contribution in [3.63, 3.8) is 0 Å². The van der Waals surface area contributed by atoms with E-state index in [4.69, 9.17) is 5.26 Å². The number of carbonyl (C=O) groups excluding carboxylic acids is 1. The number of anilines is 3. The van der Waals surface area contributed by atoms with Crippen LogP contribution in [0.1, 0.15) is 28.4 Å². The van der Waals surface area contributed by atoms with E-state index >= 15 is 0 Å². The summed E-state index contributed by atoms with van der Waals surface area (Å²) >= 11 is 0. The second kappa shape index (κ2) is 7.90. The fourth-order valence-corrected chi connectivity index (χ4v) is 2.46. The number of amides is 1. The van der Waals surface area contributed by atoms with Crippen molar-refractivity contribution < 1.29 is 4.79 Å². The predicted molar refractivity (Wildman–Crippen MR) is 100 cm³/mol. The number of rotatable bonds is 5. The Bertz CT molecular complexity index is 960. The van der Waals surface area contributed by atoms with Crippen molar-refractivity contribution in [3.8, 4) is 6.07 Å². The van der Waals surface area contributed by atoms with Gasteiger partial charge in [0.05, 0.1) is 16.8 Å². The van der Waals surface area contributed by atoms with Gasteiger partial charge >= 0.3 is 0 Å². The topological polar surface area (TPSA) is 90.7 Å². The van der Waals surface area contributed by atoms with Gasteiger partial charge in [-0.25, -0.2) is 9.97 Å². The van der Waals surface area contributed by atoms with Crippen LogP contribution in [0.4, 0.5) is 17.3 Å². The van der Waals surface area contributed by atoms with E-state index in [0.717, 1.165) is 17.7 Å². The lowest BCUT2D eigenvalue weighted by molar-refractivity contribution is 0.102. The van der Waals surface area contributed by atoms with Crippen LogP contribution in [-0.2, 0) is 6.42 Å². The van der Waals surface area contributed by atoms with Crippen molar-refractivity contribution in [1.82, 2.24) is 9.97 Å². The van der Waals surface area contributed by atoms with Gasteiger partial charge in [-0.3, -0.25) is 4.79 Å². The molecule has 3 aromatic rings. The number of benzene rings is 2. The van der Waals surface area contributed by atoms with Gasteiger partial charge in [0.1, 0.15) is 6.07 Å². The molecule has 0 unspecified atom stereocenters. The molecule has 0 saturated heterocycles. The highest BCUT2D eigenvalue weighted by Crippen LogP contribution is 2.19. The molecule has 3 rings (SSSR count). The molecule has 1 heterocycles. The van der Waals surface area contributed by atoms with E-state index in [1.165, 1.54) is 12.4 Å². The van der Waals surface area contributed by atoms with Crippen molar-refractivity contribution in [2.75, 3.05) is 10.6 Å². The van der Waals surface area contributed by atoms with Gasteiger partial charge in [0.15, 0.2) is 0 Å². The quantitative estimate of drug-likeness (QED) is 0.733. The molecular weight excluding hydrogens is 326 g/mol. The molecule has 128 valence electrons. The van der Waals surface area contributed by atoms with E-state index < -0.39 is 0 Å². The highest BCUT2D eigenvalue weighted by Gasteiger charge is 2.10. The first-order valence-corrected chi connectivity index (χ1v) is 8.18. The van der Waals surface area contributed by atoms with Crippen LogP contribution < -0.4 is 10.6 Å². The smallest absolute Gasteiger partial charge is 0.258 e. The van der Waals surface area contributed by atoms with Crippen LogP contribution in [0.15, 0.2) is 60.9 Å². The van der Waals surface area contributed by atoms with Crippen LogP contribution in [0.25, 0.3) is 0 Å². The fourth-order valence-electron chi connectivity index (χ4n) is 2.46. The summed E-state index contributed by atoms with van der Waals surface area (Å²) in [5, 5.41) is 15.0. The molecule has 6 heteroatoms. The Kier molecular flexibility index (Phi) is 5.20. The molecule has 0 fully saturated rings. The first kappa shape index (κ1) is 17.1. The third kappa shape index (κ3) is 3.84. The number of nitrogens with one attached hydrogen (secondary N) is 2. The van der Waals surface area contributed by atoms with Gasteiger partial charge in [0.25, 0.3) is 5.91 Å². The van der Waals surface area contributed by atoms with Crippen molar-refractivity contribution in [2.45, 2.75) is 13.3 Å². The van der Waals surface area contributed by atoms with E-state index in [1.54, 1.807) is 24.3 Å². The third-order valence-electron chi connectivity index (χ3n) is 3.85. The Morgan fingerprint density at radius 2 is 1.69 bits per heavy atom. The summed E-state index contributed by atoms with van der Waals surface area (Å²) in [7, 11) is 0. The van der Waals surface area contributed by atoms with Crippen LogP contribution in [0.5, 0.6) is 0 Å². The number of hydrogen-bond donors (Lipinski definition) is 2. The Hall–Kier alpha value is -3.72. The zero-order chi connectivity index (χ0) is 18.4. The molecule has 0 atom stereocenters. The summed E-state index contributed by atoms with van der Waals surface area (Å²) in [4.78, 5) is 20.7. The first-order chi connectivity index (χ1) is 12.7. The summed E-state index contributed by atoms with van der Waals surface area (Å²) in [5.41, 5.74) is 3.27. The first-order valence-electron chi connectivity index (χ1n) is 8.18. The second-order valence-electron chi connectivity index (χ2n) is 5.54. The van der Waals surface area contributed by atoms with Crippen LogP contribution >= 0.6 is 0 Å². The molecule has 1 aromatic heterocycles. The summed E-state index contributed by atoms with van der Waals surface area (Å²) in [6.07, 6.45) is 3.80. The van der Waals surface area contributed by atoms with Crippen LogP contribution in [-0.4, -0.2) is 15.9 Å². The predicted octanol–water partition coefficient (Wildman–Crippen LogP) is 3.91. The maximum atomic E-state index is 12.3. The lowest BCUT2D eigenvalue weighted by Gasteiger charge is -2.10. The van der Waals surface area contributed by atoms with Crippen molar-refractivity contribution in [1.29, 1.82) is 5.26 Å². The average molecular weight is 343 g/mol. The summed E-state index contributed by atoms with van der Waals surface area (Å²) in [5.74, 6) is 0.0492. The van der Waals surface area contributed by atoms with Gasteiger partial charge in [-0.2, -0.15) is 5.26 Å². The maximum absolute atomic E-state index is 12.3. The van der Waals surface area contributed by atoms with Crippen molar-refractivity contribution in [3.05, 3.63) is 77.6 Å². The van der Waals surface area contributed by atoms with Gasteiger partial charge in [-0.15, -0.1) is 0 Å². The lowest BCUT2D eigenvalue weighted by atomic mass is 10.1. The number of hydrogen-bond acceptors (Lipinski definition) is 5. The molecule has 6 nitrogen and oxygen atoms in total. The van der Waals surface area contributed by atoms with Gasteiger partial charge in [-0.05, 0) is 30.2 Å². The van der Waals surface area contributed by atoms with Crippen molar-refractivity contribution in [2.24, 2.45) is 0 Å². The lowest BCUT2D eigenvalue weighted by Crippen LogP contribution is -2.14. The second-order valence-corrected chi connectivity index (χ2v) is 5.54. The molecule has 1 amide bonds. The van der Waals surface area contributed by atoms with E-state index in [9.17, 15) is 4.79 Å². The minimum absolute atomic E-state index is 0.312. The summed E-state index contributed by atoms with van der Waals surface area (Å²) < 4.78 is 0. The van der Waals surface area contributed by atoms with Crippen LogP contribution in [0, 0.1) is 11.3 Å². The molecule has 0 spiro atoms. The van der Waals surface area contributed by atoms with E-state index in [-0.39, 0.29) is 5.91 Å². The Morgan fingerprint density at radius 3 is 2.38 bits per heavy atom. The fraction of sp³-hybridized carbons (Fsp3) is 0.100. The monoisotopic (exact) mass is 343 g/mol. The molecule has 0 bridgehead atoms. The Labute approximate surface area is 151 Å². The average Bonchev–Trinajstić information content (AvgIpc) is 2.69. The molecule has 0 aliphatic heterocycles. The van der Waals surface area contributed by atoms with Gasteiger partial charge < -0.3 is 10.6 Å². The number of aromatic nitrogens is 2.